The molecule has 4 nitrogen and oxygen atoms in total. The average molecular weight is 340 g/mol. The molecule has 120 valence electrons. The van der Waals surface area contributed by atoms with Crippen molar-refractivity contribution in [3.63, 3.8) is 0 Å². The smallest absolute Gasteiger partial charge is 0.227 e. The van der Waals surface area contributed by atoms with Gasteiger partial charge in [0.25, 0.3) is 0 Å². The van der Waals surface area contributed by atoms with Crippen molar-refractivity contribution < 1.29 is 14.1 Å². The zero-order valence-electron chi connectivity index (χ0n) is 12.9. The first-order valence-electron chi connectivity index (χ1n) is 7.51. The van der Waals surface area contributed by atoms with Gasteiger partial charge in [0.05, 0.1) is 5.69 Å². The number of rotatable bonds is 6. The Bertz CT molecular complexity index is 803. The number of benzene rings is 1. The summed E-state index contributed by atoms with van der Waals surface area (Å²) in [5.74, 6) is 0.759. The number of aromatic nitrogens is 2. The first kappa shape index (κ1) is 16.1. The molecule has 0 fully saturated rings. The van der Waals surface area contributed by atoms with Crippen LogP contribution in [0.3, 0.4) is 0 Å². The number of carbonyl (C=O) groups excluding carboxylic acids is 1. The van der Waals surface area contributed by atoms with E-state index in [1.807, 2.05) is 47.3 Å². The molecule has 0 aliphatic carbocycles. The molecule has 3 rings (SSSR count). The summed E-state index contributed by atoms with van der Waals surface area (Å²) >= 11 is 5.83. The molecule has 0 atom stereocenters. The summed E-state index contributed by atoms with van der Waals surface area (Å²) in [6.07, 6.45) is 5.38. The van der Waals surface area contributed by atoms with Gasteiger partial charge >= 0.3 is 0 Å². The highest BCUT2D eigenvalue weighted by Gasteiger charge is 2.12. The van der Waals surface area contributed by atoms with Crippen molar-refractivity contribution in [3.8, 4) is 5.75 Å². The molecule has 2 aromatic heterocycles. The summed E-state index contributed by atoms with van der Waals surface area (Å²) in [6.45, 7) is 0.677. The maximum atomic E-state index is 12.2. The number of halogens is 1. The van der Waals surface area contributed by atoms with Gasteiger partial charge in [-0.2, -0.15) is 4.57 Å². The van der Waals surface area contributed by atoms with Crippen LogP contribution in [0, 0.1) is 0 Å². The molecule has 0 aliphatic rings. The van der Waals surface area contributed by atoms with Crippen LogP contribution >= 0.6 is 11.6 Å². The van der Waals surface area contributed by atoms with Crippen molar-refractivity contribution in [3.05, 3.63) is 89.5 Å². The van der Waals surface area contributed by atoms with Crippen LogP contribution in [0.2, 0.25) is 5.02 Å². The van der Waals surface area contributed by atoms with Crippen LogP contribution < -0.4 is 9.30 Å². The average Bonchev–Trinajstić information content (AvgIpc) is 2.62. The number of hydrogen-bond donors (Lipinski definition) is 0. The quantitative estimate of drug-likeness (QED) is 0.510. The second kappa shape index (κ2) is 7.70. The standard InChI is InChI=1S/C19H16ClN2O2/c20-16-6-4-15(5-7-16)19(23)13-22-11-8-18(9-12-22)24-14-17-3-1-2-10-21-17/h1-12H,13-14H2/q+1. The summed E-state index contributed by atoms with van der Waals surface area (Å²) in [7, 11) is 0. The van der Waals surface area contributed by atoms with E-state index < -0.39 is 0 Å². The van der Waals surface area contributed by atoms with Gasteiger partial charge in [-0.25, -0.2) is 0 Å². The Hall–Kier alpha value is -2.72. The van der Waals surface area contributed by atoms with Crippen LogP contribution in [-0.4, -0.2) is 10.8 Å². The fourth-order valence-electron chi connectivity index (χ4n) is 2.18. The van der Waals surface area contributed by atoms with Crippen LogP contribution in [0.25, 0.3) is 0 Å². The van der Waals surface area contributed by atoms with Crippen molar-refractivity contribution in [2.45, 2.75) is 13.2 Å². The van der Waals surface area contributed by atoms with Gasteiger partial charge in [0.2, 0.25) is 12.3 Å². The predicted octanol–water partition coefficient (Wildman–Crippen LogP) is 3.48. The lowest BCUT2D eigenvalue weighted by molar-refractivity contribution is -0.683. The van der Waals surface area contributed by atoms with E-state index in [2.05, 4.69) is 4.98 Å². The lowest BCUT2D eigenvalue weighted by Crippen LogP contribution is -2.36. The Morgan fingerprint density at radius 2 is 1.79 bits per heavy atom. The first-order chi connectivity index (χ1) is 11.7. The largest absolute Gasteiger partial charge is 0.487 e. The number of hydrogen-bond acceptors (Lipinski definition) is 3. The molecule has 0 amide bonds. The summed E-state index contributed by atoms with van der Waals surface area (Å²) in [5.41, 5.74) is 1.51. The molecule has 3 aromatic rings. The van der Waals surface area contributed by atoms with Crippen molar-refractivity contribution in [1.82, 2.24) is 4.98 Å². The molecular weight excluding hydrogens is 324 g/mol. The fourth-order valence-corrected chi connectivity index (χ4v) is 2.30. The van der Waals surface area contributed by atoms with Crippen molar-refractivity contribution in [2.75, 3.05) is 0 Å². The van der Waals surface area contributed by atoms with E-state index in [1.54, 1.807) is 30.5 Å². The molecule has 5 heteroatoms. The minimum absolute atomic E-state index is 0.0267. The molecule has 0 spiro atoms. The Morgan fingerprint density at radius 1 is 1.04 bits per heavy atom. The molecule has 0 N–H and O–H groups in total. The topological polar surface area (TPSA) is 43.1 Å². The summed E-state index contributed by atoms with van der Waals surface area (Å²) in [5, 5.41) is 0.619. The number of ether oxygens (including phenoxy) is 1. The van der Waals surface area contributed by atoms with Crippen molar-refractivity contribution in [2.24, 2.45) is 0 Å². The number of carbonyl (C=O) groups is 1. The first-order valence-corrected chi connectivity index (χ1v) is 7.89. The molecule has 2 heterocycles. The highest BCUT2D eigenvalue weighted by molar-refractivity contribution is 6.30. The molecule has 0 saturated carbocycles. The van der Waals surface area contributed by atoms with Gasteiger partial charge in [-0.15, -0.1) is 0 Å². The third-order valence-electron chi connectivity index (χ3n) is 3.47. The Balaban J connectivity index is 1.58. The number of nitrogens with zero attached hydrogens (tertiary/aromatic N) is 2. The second-order valence-electron chi connectivity index (χ2n) is 5.25. The Kier molecular flexibility index (Phi) is 5.18. The van der Waals surface area contributed by atoms with Gasteiger partial charge in [-0.05, 0) is 36.4 Å². The van der Waals surface area contributed by atoms with Crippen molar-refractivity contribution >= 4 is 17.4 Å². The van der Waals surface area contributed by atoms with E-state index in [9.17, 15) is 4.79 Å². The molecule has 24 heavy (non-hydrogen) atoms. The van der Waals surface area contributed by atoms with Gasteiger partial charge in [0.1, 0.15) is 12.4 Å². The van der Waals surface area contributed by atoms with E-state index in [0.717, 1.165) is 11.4 Å². The summed E-state index contributed by atoms with van der Waals surface area (Å²) in [4.78, 5) is 16.4. The number of Topliss-reactive ketones (excluding diaryl/α,β-unsaturated/α-hetero) is 1. The molecular formula is C19H16ClN2O2+. The Labute approximate surface area is 145 Å². The normalized spacial score (nSPS) is 10.4. The van der Waals surface area contributed by atoms with E-state index in [4.69, 9.17) is 16.3 Å². The lowest BCUT2D eigenvalue weighted by atomic mass is 10.1. The monoisotopic (exact) mass is 339 g/mol. The second-order valence-corrected chi connectivity index (χ2v) is 5.68. The van der Waals surface area contributed by atoms with Gasteiger partial charge < -0.3 is 4.74 Å². The zero-order chi connectivity index (χ0) is 16.8. The molecule has 0 unspecified atom stereocenters. The highest BCUT2D eigenvalue weighted by atomic mass is 35.5. The minimum atomic E-state index is 0.0267. The maximum absolute atomic E-state index is 12.2. The third-order valence-corrected chi connectivity index (χ3v) is 3.72. The van der Waals surface area contributed by atoms with Crippen LogP contribution in [0.4, 0.5) is 0 Å². The minimum Gasteiger partial charge on any atom is -0.487 e. The Morgan fingerprint density at radius 3 is 2.46 bits per heavy atom. The van der Waals surface area contributed by atoms with Crippen LogP contribution in [0.5, 0.6) is 5.75 Å². The summed E-state index contributed by atoms with van der Waals surface area (Å²) < 4.78 is 7.48. The van der Waals surface area contributed by atoms with Crippen LogP contribution in [-0.2, 0) is 13.2 Å². The zero-order valence-corrected chi connectivity index (χ0v) is 13.7. The van der Waals surface area contributed by atoms with Crippen LogP contribution in [0.15, 0.2) is 73.2 Å². The van der Waals surface area contributed by atoms with Crippen LogP contribution in [0.1, 0.15) is 16.1 Å². The molecule has 1 aromatic carbocycles. The SMILES string of the molecule is O=C(C[n+]1ccc(OCc2ccccn2)cc1)c1ccc(Cl)cc1. The lowest BCUT2D eigenvalue weighted by Gasteiger charge is -2.04. The predicted molar refractivity (Wildman–Crippen MR) is 91.0 cm³/mol. The highest BCUT2D eigenvalue weighted by Crippen LogP contribution is 2.11. The molecule has 0 aliphatic heterocycles. The van der Waals surface area contributed by atoms with E-state index in [0.29, 0.717) is 17.2 Å². The van der Waals surface area contributed by atoms with Gasteiger partial charge in [-0.3, -0.25) is 9.78 Å². The van der Waals surface area contributed by atoms with Gasteiger partial charge in [0, 0.05) is 28.9 Å². The van der Waals surface area contributed by atoms with E-state index in [-0.39, 0.29) is 12.3 Å². The maximum Gasteiger partial charge on any atom is 0.227 e. The number of pyridine rings is 2. The van der Waals surface area contributed by atoms with E-state index in [1.165, 1.54) is 0 Å². The fraction of sp³-hybridized carbons (Fsp3) is 0.105. The molecule has 0 bridgehead atoms. The molecule has 0 saturated heterocycles. The van der Waals surface area contributed by atoms with Gasteiger partial charge in [0.15, 0.2) is 12.4 Å². The van der Waals surface area contributed by atoms with Crippen molar-refractivity contribution in [1.29, 1.82) is 0 Å². The van der Waals surface area contributed by atoms with E-state index >= 15 is 0 Å². The summed E-state index contributed by atoms with van der Waals surface area (Å²) in [6, 6.07) is 16.3. The molecule has 0 radical (unpaired) electrons. The van der Waals surface area contributed by atoms with Gasteiger partial charge in [-0.1, -0.05) is 17.7 Å². The number of ketones is 1. The third kappa shape index (κ3) is 4.40.